The van der Waals surface area contributed by atoms with Crippen molar-refractivity contribution < 1.29 is 8.42 Å². The van der Waals surface area contributed by atoms with Crippen molar-refractivity contribution in [2.24, 2.45) is 16.8 Å². The van der Waals surface area contributed by atoms with Crippen molar-refractivity contribution in [3.05, 3.63) is 0 Å². The highest BCUT2D eigenvalue weighted by Gasteiger charge is 2.25. The van der Waals surface area contributed by atoms with E-state index in [1.807, 2.05) is 0 Å². The third-order valence-corrected chi connectivity index (χ3v) is 5.38. The molecule has 1 heterocycles. The summed E-state index contributed by atoms with van der Waals surface area (Å²) in [6.07, 6.45) is 5.77. The van der Waals surface area contributed by atoms with Crippen molar-refractivity contribution in [2.75, 3.05) is 39.5 Å². The van der Waals surface area contributed by atoms with E-state index in [1.165, 1.54) is 19.1 Å². The molecule has 20 heavy (non-hydrogen) atoms. The number of nitrogens with zero attached hydrogens (tertiary/aromatic N) is 2. The Balaban J connectivity index is 1.66. The third-order valence-electron chi connectivity index (χ3n) is 4.08. The number of hydrogen-bond acceptors (Lipinski definition) is 3. The van der Waals surface area contributed by atoms with Crippen LogP contribution in [0, 0.1) is 11.8 Å². The van der Waals surface area contributed by atoms with Gasteiger partial charge in [0.05, 0.1) is 6.26 Å². The summed E-state index contributed by atoms with van der Waals surface area (Å²) in [6.45, 7) is 3.15. The Bertz CT molecular complexity index is 437. The van der Waals surface area contributed by atoms with Gasteiger partial charge in [0.15, 0.2) is 5.96 Å². The fourth-order valence-corrected chi connectivity index (χ4v) is 3.34. The predicted octanol–water partition coefficient (Wildman–Crippen LogP) is 0.233. The second-order valence-corrected chi connectivity index (χ2v) is 7.87. The van der Waals surface area contributed by atoms with Crippen LogP contribution in [0.2, 0.25) is 0 Å². The highest BCUT2D eigenvalue weighted by atomic mass is 32.2. The molecular formula is C13H26N4O2S. The van der Waals surface area contributed by atoms with Crippen LogP contribution >= 0.6 is 0 Å². The second-order valence-electron chi connectivity index (χ2n) is 5.88. The van der Waals surface area contributed by atoms with Gasteiger partial charge in [-0.2, -0.15) is 0 Å². The first-order valence-corrected chi connectivity index (χ1v) is 9.23. The Labute approximate surface area is 122 Å². The van der Waals surface area contributed by atoms with Gasteiger partial charge in [-0.1, -0.05) is 0 Å². The minimum absolute atomic E-state index is 0.521. The second kappa shape index (κ2) is 6.76. The summed E-state index contributed by atoms with van der Waals surface area (Å²) in [7, 11) is -1.23. The lowest BCUT2D eigenvalue weighted by Crippen LogP contribution is -2.44. The average Bonchev–Trinajstić information content (AvgIpc) is 3.22. The lowest BCUT2D eigenvalue weighted by molar-refractivity contribution is 0.275. The maximum absolute atomic E-state index is 11.4. The minimum atomic E-state index is -3.02. The number of guanidine groups is 1. The fraction of sp³-hybridized carbons (Fsp3) is 0.923. The van der Waals surface area contributed by atoms with Crippen LogP contribution in [-0.2, 0) is 10.0 Å². The van der Waals surface area contributed by atoms with E-state index in [-0.39, 0.29) is 0 Å². The molecule has 0 amide bonds. The zero-order valence-corrected chi connectivity index (χ0v) is 13.2. The highest BCUT2D eigenvalue weighted by molar-refractivity contribution is 7.88. The van der Waals surface area contributed by atoms with Gasteiger partial charge < -0.3 is 10.6 Å². The summed E-state index contributed by atoms with van der Waals surface area (Å²) in [5.41, 5.74) is 0. The van der Waals surface area contributed by atoms with E-state index in [2.05, 4.69) is 15.6 Å². The number of nitrogens with one attached hydrogen (secondary N) is 2. The van der Waals surface area contributed by atoms with E-state index in [1.54, 1.807) is 11.4 Å². The van der Waals surface area contributed by atoms with Gasteiger partial charge in [0.2, 0.25) is 10.0 Å². The van der Waals surface area contributed by atoms with E-state index < -0.39 is 10.0 Å². The number of rotatable bonds is 5. The van der Waals surface area contributed by atoms with Gasteiger partial charge in [-0.25, -0.2) is 12.7 Å². The van der Waals surface area contributed by atoms with Crippen LogP contribution in [0.5, 0.6) is 0 Å². The normalized spacial score (nSPS) is 22.8. The Kier molecular flexibility index (Phi) is 5.26. The first-order valence-electron chi connectivity index (χ1n) is 7.38. The molecule has 1 saturated carbocycles. The summed E-state index contributed by atoms with van der Waals surface area (Å²) >= 11 is 0. The van der Waals surface area contributed by atoms with Crippen LogP contribution in [0.15, 0.2) is 4.99 Å². The molecular weight excluding hydrogens is 276 g/mol. The molecule has 2 fully saturated rings. The van der Waals surface area contributed by atoms with Crippen molar-refractivity contribution in [1.29, 1.82) is 0 Å². The van der Waals surface area contributed by atoms with Crippen LogP contribution < -0.4 is 10.6 Å². The molecule has 2 aliphatic rings. The van der Waals surface area contributed by atoms with Crippen molar-refractivity contribution in [3.63, 3.8) is 0 Å². The molecule has 2 rings (SSSR count). The number of hydrogen-bond donors (Lipinski definition) is 2. The molecule has 0 aromatic rings. The SMILES string of the molecule is CN=C(NCC1CC1)NCC1CCN(S(C)(=O)=O)CC1. The van der Waals surface area contributed by atoms with Crippen molar-refractivity contribution >= 4 is 16.0 Å². The highest BCUT2D eigenvalue weighted by Crippen LogP contribution is 2.27. The molecule has 0 spiro atoms. The van der Waals surface area contributed by atoms with Gasteiger partial charge in [0.1, 0.15) is 0 Å². The largest absolute Gasteiger partial charge is 0.356 e. The maximum atomic E-state index is 11.4. The Morgan fingerprint density at radius 2 is 1.60 bits per heavy atom. The molecule has 1 aliphatic heterocycles. The monoisotopic (exact) mass is 302 g/mol. The molecule has 0 unspecified atom stereocenters. The van der Waals surface area contributed by atoms with Gasteiger partial charge in [0.25, 0.3) is 0 Å². The van der Waals surface area contributed by atoms with Crippen LogP contribution in [0.25, 0.3) is 0 Å². The Morgan fingerprint density at radius 1 is 1.10 bits per heavy atom. The average molecular weight is 302 g/mol. The Hall–Kier alpha value is -0.820. The molecule has 2 N–H and O–H groups in total. The van der Waals surface area contributed by atoms with Crippen LogP contribution in [0.3, 0.4) is 0 Å². The molecule has 0 radical (unpaired) electrons. The van der Waals surface area contributed by atoms with Crippen molar-refractivity contribution in [2.45, 2.75) is 25.7 Å². The van der Waals surface area contributed by atoms with E-state index in [4.69, 9.17) is 0 Å². The van der Waals surface area contributed by atoms with Crippen LogP contribution in [-0.4, -0.2) is 58.2 Å². The van der Waals surface area contributed by atoms with E-state index in [0.717, 1.165) is 37.8 Å². The van der Waals surface area contributed by atoms with Crippen molar-refractivity contribution in [3.8, 4) is 0 Å². The molecule has 7 heteroatoms. The van der Waals surface area contributed by atoms with Gasteiger partial charge in [-0.15, -0.1) is 0 Å². The van der Waals surface area contributed by atoms with Crippen LogP contribution in [0.4, 0.5) is 0 Å². The van der Waals surface area contributed by atoms with Crippen LogP contribution in [0.1, 0.15) is 25.7 Å². The quantitative estimate of drug-likeness (QED) is 0.563. The predicted molar refractivity (Wildman–Crippen MR) is 81.2 cm³/mol. The summed E-state index contributed by atoms with van der Waals surface area (Å²) in [5.74, 6) is 2.21. The van der Waals surface area contributed by atoms with Gasteiger partial charge in [-0.3, -0.25) is 4.99 Å². The summed E-state index contributed by atoms with van der Waals surface area (Å²) in [4.78, 5) is 4.21. The molecule has 0 aromatic heterocycles. The number of sulfonamides is 1. The molecule has 0 atom stereocenters. The number of piperidine rings is 1. The summed E-state index contributed by atoms with van der Waals surface area (Å²) in [6, 6.07) is 0. The minimum Gasteiger partial charge on any atom is -0.356 e. The van der Waals surface area contributed by atoms with Crippen molar-refractivity contribution in [1.82, 2.24) is 14.9 Å². The lowest BCUT2D eigenvalue weighted by atomic mass is 9.98. The summed E-state index contributed by atoms with van der Waals surface area (Å²) < 4.78 is 24.5. The van der Waals surface area contributed by atoms with E-state index in [0.29, 0.717) is 19.0 Å². The Morgan fingerprint density at radius 3 is 2.00 bits per heavy atom. The molecule has 0 aromatic carbocycles. The first-order chi connectivity index (χ1) is 9.49. The number of aliphatic imine (C=N–C) groups is 1. The summed E-state index contributed by atoms with van der Waals surface area (Å²) in [5, 5.41) is 6.68. The lowest BCUT2D eigenvalue weighted by Gasteiger charge is -2.30. The third kappa shape index (κ3) is 4.94. The maximum Gasteiger partial charge on any atom is 0.211 e. The van der Waals surface area contributed by atoms with Gasteiger partial charge in [0, 0.05) is 33.2 Å². The first kappa shape index (κ1) is 15.6. The standard InChI is InChI=1S/C13H26N4O2S/c1-14-13(15-9-11-3-4-11)16-10-12-5-7-17(8-6-12)20(2,18)19/h11-12H,3-10H2,1-2H3,(H2,14,15,16). The van der Waals surface area contributed by atoms with Gasteiger partial charge in [-0.05, 0) is 37.5 Å². The molecule has 1 saturated heterocycles. The molecule has 1 aliphatic carbocycles. The molecule has 116 valence electrons. The zero-order valence-electron chi connectivity index (χ0n) is 12.4. The zero-order chi connectivity index (χ0) is 14.6. The molecule has 0 bridgehead atoms. The topological polar surface area (TPSA) is 73.8 Å². The molecule has 6 nitrogen and oxygen atoms in total. The fourth-order valence-electron chi connectivity index (χ4n) is 2.47. The van der Waals surface area contributed by atoms with Gasteiger partial charge >= 0.3 is 0 Å². The van der Waals surface area contributed by atoms with E-state index >= 15 is 0 Å². The smallest absolute Gasteiger partial charge is 0.211 e. The van der Waals surface area contributed by atoms with E-state index in [9.17, 15) is 8.42 Å².